The van der Waals surface area contributed by atoms with Gasteiger partial charge in [-0.3, -0.25) is 10.3 Å². The van der Waals surface area contributed by atoms with E-state index in [0.29, 0.717) is 16.3 Å². The number of ether oxygens (including phenoxy) is 3. The highest BCUT2D eigenvalue weighted by molar-refractivity contribution is 7.99. The first-order valence-electron chi connectivity index (χ1n) is 9.43. The van der Waals surface area contributed by atoms with Gasteiger partial charge in [-0.2, -0.15) is 13.4 Å². The largest absolute Gasteiger partial charge is 0.496 e. The maximum absolute atomic E-state index is 11.9. The smallest absolute Gasteiger partial charge is 0.411 e. The number of anilines is 1. The lowest BCUT2D eigenvalue weighted by Gasteiger charge is -2.14. The number of nitrogens with one attached hydrogen (secondary N) is 1. The third-order valence-electron chi connectivity index (χ3n) is 3.85. The predicted molar refractivity (Wildman–Crippen MR) is 120 cm³/mol. The van der Waals surface area contributed by atoms with Crippen LogP contribution in [0.4, 0.5) is 16.3 Å². The van der Waals surface area contributed by atoms with Crippen LogP contribution in [0.5, 0.6) is 11.6 Å². The van der Waals surface area contributed by atoms with Crippen LogP contribution in [0.3, 0.4) is 0 Å². The zero-order valence-electron chi connectivity index (χ0n) is 17.6. The zero-order chi connectivity index (χ0) is 23.6. The van der Waals surface area contributed by atoms with Gasteiger partial charge in [-0.15, -0.1) is 4.36 Å². The van der Waals surface area contributed by atoms with Gasteiger partial charge in [0.2, 0.25) is 5.88 Å². The standard InChI is InChI=1S/C20H19N5O6S2/c1-13-22-18(25-33(27)28)17(32-16-6-4-3-5-15(16)29-2)19(23-13)30-11-12-31-20(26)24-14-7-9-21-10-8-14/h3-10H,11-12H2,1-2H3,(H,21,24,26). The number of hydrogen-bond acceptors (Lipinski definition) is 11. The van der Waals surface area contributed by atoms with E-state index in [2.05, 4.69) is 24.6 Å². The summed E-state index contributed by atoms with van der Waals surface area (Å²) in [5, 5.41) is 2.55. The summed E-state index contributed by atoms with van der Waals surface area (Å²) in [6, 6.07) is 10.4. The number of nitrogens with zero attached hydrogens (tertiary/aromatic N) is 4. The van der Waals surface area contributed by atoms with Gasteiger partial charge in [-0.1, -0.05) is 23.9 Å². The Morgan fingerprint density at radius 1 is 1.12 bits per heavy atom. The molecule has 13 heteroatoms. The molecule has 1 amide bonds. The third-order valence-corrected chi connectivity index (χ3v) is 5.29. The Labute approximate surface area is 195 Å². The minimum Gasteiger partial charge on any atom is -0.496 e. The summed E-state index contributed by atoms with van der Waals surface area (Å²) in [4.78, 5) is 25.1. The lowest BCUT2D eigenvalue weighted by Crippen LogP contribution is -2.18. The second kappa shape index (κ2) is 11.8. The summed E-state index contributed by atoms with van der Waals surface area (Å²) in [6.45, 7) is 1.45. The van der Waals surface area contributed by atoms with Crippen molar-refractivity contribution >= 4 is 39.9 Å². The maximum Gasteiger partial charge on any atom is 0.411 e. The fourth-order valence-electron chi connectivity index (χ4n) is 2.52. The Hall–Kier alpha value is -3.71. The minimum atomic E-state index is -2.74. The lowest BCUT2D eigenvalue weighted by molar-refractivity contribution is 0.135. The molecule has 11 nitrogen and oxygen atoms in total. The van der Waals surface area contributed by atoms with Crippen molar-refractivity contribution in [3.05, 3.63) is 54.6 Å². The SMILES string of the molecule is COc1ccccc1Sc1c(N=S(=O)=O)nc(C)nc1OCCOC(=O)Nc1ccncc1. The van der Waals surface area contributed by atoms with Crippen LogP contribution in [0.25, 0.3) is 0 Å². The molecule has 2 heterocycles. The number of methoxy groups -OCH3 is 1. The van der Waals surface area contributed by atoms with Crippen molar-refractivity contribution in [2.45, 2.75) is 16.7 Å². The van der Waals surface area contributed by atoms with E-state index in [1.165, 1.54) is 19.5 Å². The van der Waals surface area contributed by atoms with Crippen LogP contribution in [-0.4, -0.2) is 49.8 Å². The van der Waals surface area contributed by atoms with E-state index in [0.717, 1.165) is 11.8 Å². The highest BCUT2D eigenvalue weighted by Crippen LogP contribution is 2.43. The monoisotopic (exact) mass is 489 g/mol. The molecule has 0 aliphatic rings. The molecule has 0 radical (unpaired) electrons. The second-order valence-electron chi connectivity index (χ2n) is 6.14. The van der Waals surface area contributed by atoms with E-state index in [1.807, 2.05) is 0 Å². The van der Waals surface area contributed by atoms with Crippen LogP contribution in [-0.2, 0) is 15.2 Å². The molecular weight excluding hydrogens is 470 g/mol. The third kappa shape index (κ3) is 7.15. The van der Waals surface area contributed by atoms with Gasteiger partial charge in [0.05, 0.1) is 12.0 Å². The van der Waals surface area contributed by atoms with Crippen molar-refractivity contribution < 1.29 is 27.4 Å². The van der Waals surface area contributed by atoms with E-state index >= 15 is 0 Å². The molecule has 1 N–H and O–H groups in total. The number of carbonyl (C=O) groups excluding carboxylic acids is 1. The topological polar surface area (TPSA) is 142 Å². The number of rotatable bonds is 9. The second-order valence-corrected chi connectivity index (χ2v) is 7.80. The van der Waals surface area contributed by atoms with Gasteiger partial charge in [0, 0.05) is 18.1 Å². The normalized spacial score (nSPS) is 10.2. The maximum atomic E-state index is 11.9. The van der Waals surface area contributed by atoms with Crippen molar-refractivity contribution in [2.75, 3.05) is 25.6 Å². The molecule has 0 saturated heterocycles. The van der Waals surface area contributed by atoms with Crippen LogP contribution >= 0.6 is 11.8 Å². The molecule has 0 atom stereocenters. The van der Waals surface area contributed by atoms with Crippen LogP contribution in [0, 0.1) is 6.92 Å². The number of para-hydroxylation sites is 1. The summed E-state index contributed by atoms with van der Waals surface area (Å²) in [5.41, 5.74) is 0.537. The number of benzene rings is 1. The molecule has 172 valence electrons. The molecule has 1 aromatic carbocycles. The van der Waals surface area contributed by atoms with Gasteiger partial charge in [-0.25, -0.2) is 9.78 Å². The Bertz CT molecular complexity index is 1250. The molecule has 2 aromatic heterocycles. The van der Waals surface area contributed by atoms with Gasteiger partial charge in [0.1, 0.15) is 29.7 Å². The summed E-state index contributed by atoms with van der Waals surface area (Å²) in [6.07, 6.45) is 2.41. The van der Waals surface area contributed by atoms with Crippen LogP contribution in [0.2, 0.25) is 0 Å². The van der Waals surface area contributed by atoms with Gasteiger partial charge in [0.25, 0.3) is 0 Å². The number of aryl methyl sites for hydroxylation is 1. The average Bonchev–Trinajstić information content (AvgIpc) is 2.79. The van der Waals surface area contributed by atoms with E-state index < -0.39 is 16.6 Å². The lowest BCUT2D eigenvalue weighted by atomic mass is 10.3. The molecule has 33 heavy (non-hydrogen) atoms. The molecule has 3 rings (SSSR count). The van der Waals surface area contributed by atoms with Crippen molar-refractivity contribution in [1.29, 1.82) is 0 Å². The van der Waals surface area contributed by atoms with Crippen molar-refractivity contribution in [3.63, 3.8) is 0 Å². The highest BCUT2D eigenvalue weighted by Gasteiger charge is 2.19. The van der Waals surface area contributed by atoms with E-state index in [-0.39, 0.29) is 35.6 Å². The molecule has 0 unspecified atom stereocenters. The summed E-state index contributed by atoms with van der Waals surface area (Å²) >= 11 is 1.14. The Morgan fingerprint density at radius 3 is 2.61 bits per heavy atom. The van der Waals surface area contributed by atoms with Crippen LogP contribution in [0.1, 0.15) is 5.82 Å². The van der Waals surface area contributed by atoms with Crippen molar-refractivity contribution in [2.24, 2.45) is 4.36 Å². The van der Waals surface area contributed by atoms with E-state index in [4.69, 9.17) is 14.2 Å². The molecular formula is C20H19N5O6S2. The van der Waals surface area contributed by atoms with Crippen LogP contribution < -0.4 is 14.8 Å². The average molecular weight is 490 g/mol. The quantitative estimate of drug-likeness (QED) is 0.442. The number of hydrogen-bond donors (Lipinski definition) is 1. The van der Waals surface area contributed by atoms with E-state index in [1.54, 1.807) is 43.3 Å². The summed E-state index contributed by atoms with van der Waals surface area (Å²) in [7, 11) is -1.22. The van der Waals surface area contributed by atoms with Crippen molar-refractivity contribution in [3.8, 4) is 11.6 Å². The predicted octanol–water partition coefficient (Wildman–Crippen LogP) is 3.66. The number of amides is 1. The molecule has 0 aliphatic heterocycles. The molecule has 0 bridgehead atoms. The molecule has 3 aromatic rings. The van der Waals surface area contributed by atoms with Gasteiger partial charge >= 0.3 is 16.6 Å². The van der Waals surface area contributed by atoms with Gasteiger partial charge in [0.15, 0.2) is 5.82 Å². The Balaban J connectivity index is 1.75. The first-order chi connectivity index (χ1) is 16.0. The number of carbonyl (C=O) groups is 1. The highest BCUT2D eigenvalue weighted by atomic mass is 32.2. The molecule has 0 spiro atoms. The Morgan fingerprint density at radius 2 is 1.88 bits per heavy atom. The number of aromatic nitrogens is 3. The molecule has 0 fully saturated rings. The minimum absolute atomic E-state index is 0.0421. The fraction of sp³-hybridized carbons (Fsp3) is 0.200. The summed E-state index contributed by atoms with van der Waals surface area (Å²) in [5.74, 6) is 0.855. The fourth-order valence-corrected chi connectivity index (χ4v) is 3.84. The van der Waals surface area contributed by atoms with Gasteiger partial charge < -0.3 is 14.2 Å². The van der Waals surface area contributed by atoms with E-state index in [9.17, 15) is 13.2 Å². The first kappa shape index (κ1) is 23.9. The first-order valence-corrected chi connectivity index (χ1v) is 11.3. The van der Waals surface area contributed by atoms with Crippen molar-refractivity contribution in [1.82, 2.24) is 15.0 Å². The summed E-state index contributed by atoms with van der Waals surface area (Å²) < 4.78 is 42.2. The van der Waals surface area contributed by atoms with Crippen LogP contribution in [0.15, 0.2) is 62.9 Å². The van der Waals surface area contributed by atoms with Gasteiger partial charge in [-0.05, 0) is 31.2 Å². The Kier molecular flexibility index (Phi) is 8.55. The number of pyridine rings is 1. The zero-order valence-corrected chi connectivity index (χ0v) is 19.2. The molecule has 0 aliphatic carbocycles. The molecule has 0 saturated carbocycles.